The molecule has 1 aliphatic heterocycles. The molecule has 0 aliphatic carbocycles. The third-order valence-electron chi connectivity index (χ3n) is 4.09. The van der Waals surface area contributed by atoms with Gasteiger partial charge in [-0.1, -0.05) is 30.3 Å². The standard InChI is InChI=1S/C18H26N2O5/c1-18(2,3)25-17(21)19-10-9-15(16(11-19)20(22)23)13-24-12-14-7-5-4-6-8-14/h4-8,15-16H,9-13H2,1-3H3/t15-,16+/m1/s1. The van der Waals surface area contributed by atoms with E-state index in [4.69, 9.17) is 9.47 Å². The van der Waals surface area contributed by atoms with Crippen molar-refractivity contribution in [2.24, 2.45) is 5.92 Å². The van der Waals surface area contributed by atoms with E-state index in [1.54, 1.807) is 20.8 Å². The van der Waals surface area contributed by atoms with Crippen LogP contribution in [-0.2, 0) is 16.1 Å². The van der Waals surface area contributed by atoms with Gasteiger partial charge >= 0.3 is 6.09 Å². The lowest BCUT2D eigenvalue weighted by Gasteiger charge is -2.34. The number of nitro groups is 1. The average Bonchev–Trinajstić information content (AvgIpc) is 2.54. The Morgan fingerprint density at radius 1 is 1.32 bits per heavy atom. The Balaban J connectivity index is 1.88. The van der Waals surface area contributed by atoms with E-state index in [1.165, 1.54) is 4.90 Å². The molecule has 138 valence electrons. The van der Waals surface area contributed by atoms with Gasteiger partial charge in [0.15, 0.2) is 0 Å². The number of benzene rings is 1. The van der Waals surface area contributed by atoms with Crippen molar-refractivity contribution in [3.8, 4) is 0 Å². The molecule has 7 heteroatoms. The molecule has 7 nitrogen and oxygen atoms in total. The van der Waals surface area contributed by atoms with Gasteiger partial charge in [0.1, 0.15) is 5.60 Å². The minimum Gasteiger partial charge on any atom is -0.444 e. The highest BCUT2D eigenvalue weighted by Crippen LogP contribution is 2.23. The summed E-state index contributed by atoms with van der Waals surface area (Å²) in [4.78, 5) is 24.7. The van der Waals surface area contributed by atoms with Gasteiger partial charge in [0.05, 0.1) is 25.7 Å². The number of carbonyl (C=O) groups is 1. The van der Waals surface area contributed by atoms with E-state index in [0.29, 0.717) is 26.2 Å². The maximum absolute atomic E-state index is 12.1. The molecule has 0 saturated carbocycles. The van der Waals surface area contributed by atoms with Crippen LogP contribution < -0.4 is 0 Å². The number of piperidine rings is 1. The van der Waals surface area contributed by atoms with Crippen LogP contribution in [0.3, 0.4) is 0 Å². The summed E-state index contributed by atoms with van der Waals surface area (Å²) in [6.07, 6.45) is 0.0302. The first-order valence-electron chi connectivity index (χ1n) is 8.49. The molecule has 1 fully saturated rings. The lowest BCUT2D eigenvalue weighted by atomic mass is 9.93. The van der Waals surface area contributed by atoms with Gasteiger partial charge in [0.2, 0.25) is 6.04 Å². The van der Waals surface area contributed by atoms with Crippen LogP contribution in [0, 0.1) is 16.0 Å². The summed E-state index contributed by atoms with van der Waals surface area (Å²) in [6.45, 7) is 6.57. The van der Waals surface area contributed by atoms with Crippen LogP contribution in [0.15, 0.2) is 30.3 Å². The molecule has 0 bridgehead atoms. The van der Waals surface area contributed by atoms with E-state index >= 15 is 0 Å². The van der Waals surface area contributed by atoms with Crippen LogP contribution in [0.1, 0.15) is 32.8 Å². The summed E-state index contributed by atoms with van der Waals surface area (Å²) >= 11 is 0. The molecule has 25 heavy (non-hydrogen) atoms. The van der Waals surface area contributed by atoms with E-state index in [9.17, 15) is 14.9 Å². The van der Waals surface area contributed by atoms with Crippen molar-refractivity contribution in [2.75, 3.05) is 19.7 Å². The highest BCUT2D eigenvalue weighted by molar-refractivity contribution is 5.68. The predicted octanol–water partition coefficient (Wildman–Crippen LogP) is 3.11. The fourth-order valence-corrected chi connectivity index (χ4v) is 2.81. The maximum Gasteiger partial charge on any atom is 0.410 e. The van der Waals surface area contributed by atoms with Crippen molar-refractivity contribution in [1.29, 1.82) is 0 Å². The highest BCUT2D eigenvalue weighted by Gasteiger charge is 2.40. The monoisotopic (exact) mass is 350 g/mol. The molecule has 1 aromatic rings. The normalized spacial score (nSPS) is 21.0. The van der Waals surface area contributed by atoms with Gasteiger partial charge in [0, 0.05) is 11.5 Å². The van der Waals surface area contributed by atoms with Crippen molar-refractivity contribution in [3.05, 3.63) is 46.0 Å². The van der Waals surface area contributed by atoms with Crippen molar-refractivity contribution in [3.63, 3.8) is 0 Å². The van der Waals surface area contributed by atoms with Gasteiger partial charge < -0.3 is 14.4 Å². The lowest BCUT2D eigenvalue weighted by molar-refractivity contribution is -0.536. The highest BCUT2D eigenvalue weighted by atomic mass is 16.6. The van der Waals surface area contributed by atoms with Gasteiger partial charge in [-0.3, -0.25) is 10.1 Å². The molecule has 0 radical (unpaired) electrons. The fourth-order valence-electron chi connectivity index (χ4n) is 2.81. The van der Waals surface area contributed by atoms with Crippen LogP contribution >= 0.6 is 0 Å². The smallest absolute Gasteiger partial charge is 0.410 e. The third kappa shape index (κ3) is 6.01. The van der Waals surface area contributed by atoms with Crippen molar-refractivity contribution in [2.45, 2.75) is 45.4 Å². The fraction of sp³-hybridized carbons (Fsp3) is 0.611. The third-order valence-corrected chi connectivity index (χ3v) is 4.09. The first-order chi connectivity index (χ1) is 11.8. The molecule has 1 heterocycles. The molecule has 0 aromatic heterocycles. The molecule has 0 N–H and O–H groups in total. The second-order valence-corrected chi connectivity index (χ2v) is 7.33. The molecule has 2 rings (SSSR count). The minimum atomic E-state index is -0.836. The van der Waals surface area contributed by atoms with Crippen LogP contribution in [-0.4, -0.2) is 47.3 Å². The molecule has 0 unspecified atom stereocenters. The molecular weight excluding hydrogens is 324 g/mol. The summed E-state index contributed by atoms with van der Waals surface area (Å²) in [5, 5.41) is 11.4. The number of hydrogen-bond donors (Lipinski definition) is 0. The van der Waals surface area contributed by atoms with Gasteiger partial charge in [-0.25, -0.2) is 4.79 Å². The number of carbonyl (C=O) groups excluding carboxylic acids is 1. The Labute approximate surface area is 148 Å². The zero-order chi connectivity index (χ0) is 18.4. The Morgan fingerprint density at radius 3 is 2.60 bits per heavy atom. The quantitative estimate of drug-likeness (QED) is 0.602. The Hall–Kier alpha value is -2.15. The SMILES string of the molecule is CC(C)(C)OC(=O)N1CC[C@H](COCc2ccccc2)[C@@H]([N+](=O)[O-])C1. The number of amides is 1. The predicted molar refractivity (Wildman–Crippen MR) is 92.8 cm³/mol. The molecule has 2 atom stereocenters. The van der Waals surface area contributed by atoms with E-state index in [-0.39, 0.29) is 17.4 Å². The molecule has 1 saturated heterocycles. The van der Waals surface area contributed by atoms with Crippen LogP contribution in [0.2, 0.25) is 0 Å². The van der Waals surface area contributed by atoms with E-state index in [0.717, 1.165) is 5.56 Å². The summed E-state index contributed by atoms with van der Waals surface area (Å²) in [7, 11) is 0. The van der Waals surface area contributed by atoms with Gasteiger partial charge in [-0.15, -0.1) is 0 Å². The van der Waals surface area contributed by atoms with Gasteiger partial charge in [-0.05, 0) is 32.8 Å². The first-order valence-corrected chi connectivity index (χ1v) is 8.49. The minimum absolute atomic E-state index is 0.0568. The van der Waals surface area contributed by atoms with Gasteiger partial charge in [-0.2, -0.15) is 0 Å². The average molecular weight is 350 g/mol. The topological polar surface area (TPSA) is 81.9 Å². The molecule has 0 spiro atoms. The molecule has 1 amide bonds. The van der Waals surface area contributed by atoms with E-state index < -0.39 is 17.7 Å². The Bertz CT molecular complexity index is 585. The molecule has 1 aromatic carbocycles. The van der Waals surface area contributed by atoms with Crippen molar-refractivity contribution in [1.82, 2.24) is 4.90 Å². The summed E-state index contributed by atoms with van der Waals surface area (Å²) < 4.78 is 11.0. The number of rotatable bonds is 5. The Kier molecular flexibility index (Phi) is 6.36. The largest absolute Gasteiger partial charge is 0.444 e. The zero-order valence-corrected chi connectivity index (χ0v) is 15.0. The Morgan fingerprint density at radius 2 is 2.00 bits per heavy atom. The zero-order valence-electron chi connectivity index (χ0n) is 15.0. The van der Waals surface area contributed by atoms with Gasteiger partial charge in [0.25, 0.3) is 0 Å². The van der Waals surface area contributed by atoms with Crippen LogP contribution in [0.4, 0.5) is 4.79 Å². The van der Waals surface area contributed by atoms with Crippen LogP contribution in [0.25, 0.3) is 0 Å². The second-order valence-electron chi connectivity index (χ2n) is 7.33. The number of hydrogen-bond acceptors (Lipinski definition) is 5. The number of nitrogens with zero attached hydrogens (tertiary/aromatic N) is 2. The second kappa shape index (κ2) is 8.29. The number of ether oxygens (including phenoxy) is 2. The summed E-state index contributed by atoms with van der Waals surface area (Å²) in [5.41, 5.74) is 0.419. The number of likely N-dealkylation sites (tertiary alicyclic amines) is 1. The summed E-state index contributed by atoms with van der Waals surface area (Å²) in [6, 6.07) is 8.86. The molecule has 1 aliphatic rings. The molecular formula is C18H26N2O5. The maximum atomic E-state index is 12.1. The first kappa shape index (κ1) is 19.2. The van der Waals surface area contributed by atoms with Crippen LogP contribution in [0.5, 0.6) is 0 Å². The lowest BCUT2D eigenvalue weighted by Crippen LogP contribution is -2.52. The van der Waals surface area contributed by atoms with Crippen molar-refractivity contribution < 1.29 is 19.2 Å². The summed E-state index contributed by atoms with van der Waals surface area (Å²) in [5.74, 6) is -0.211. The van der Waals surface area contributed by atoms with Crippen molar-refractivity contribution >= 4 is 6.09 Å². The van der Waals surface area contributed by atoms with E-state index in [1.807, 2.05) is 30.3 Å². The van der Waals surface area contributed by atoms with E-state index in [2.05, 4.69) is 0 Å².